The fourth-order valence-electron chi connectivity index (χ4n) is 3.20. The molecule has 2 aromatic heterocycles. The number of ether oxygens (including phenoxy) is 2. The van der Waals surface area contributed by atoms with Crippen LogP contribution in [0.25, 0.3) is 11.0 Å². The number of carbonyl (C=O) groups excluding carboxylic acids is 1. The summed E-state index contributed by atoms with van der Waals surface area (Å²) in [6.45, 7) is 0.234. The molecule has 0 radical (unpaired) electrons. The average molecular weight is 323 g/mol. The predicted molar refractivity (Wildman–Crippen MR) is 90.3 cm³/mol. The van der Waals surface area contributed by atoms with Gasteiger partial charge in [0.2, 0.25) is 12.7 Å². The minimum atomic E-state index is -0.493. The Morgan fingerprint density at radius 3 is 2.92 bits per heavy atom. The molecule has 3 heterocycles. The number of aromatic amines is 1. The summed E-state index contributed by atoms with van der Waals surface area (Å²) in [5, 5.41) is 3.97. The van der Waals surface area contributed by atoms with E-state index in [1.807, 2.05) is 42.6 Å². The summed E-state index contributed by atoms with van der Waals surface area (Å²) in [4.78, 5) is 20.3. The van der Waals surface area contributed by atoms with Crippen molar-refractivity contribution in [3.63, 3.8) is 0 Å². The van der Waals surface area contributed by atoms with Crippen molar-refractivity contribution in [3.8, 4) is 11.5 Å². The van der Waals surface area contributed by atoms with E-state index in [0.29, 0.717) is 11.6 Å². The van der Waals surface area contributed by atoms with Gasteiger partial charge in [0, 0.05) is 13.0 Å². The Morgan fingerprint density at radius 1 is 1.17 bits per heavy atom. The molecule has 6 nitrogen and oxygen atoms in total. The van der Waals surface area contributed by atoms with Crippen LogP contribution in [0, 0.1) is 0 Å². The molecule has 1 aromatic carbocycles. The molecule has 0 unspecified atom stereocenters. The van der Waals surface area contributed by atoms with Gasteiger partial charge in [0.15, 0.2) is 11.5 Å². The smallest absolute Gasteiger partial charge is 0.236 e. The maximum atomic E-state index is 12.8. The number of benzene rings is 1. The van der Waals surface area contributed by atoms with Crippen LogP contribution in [0.15, 0.2) is 42.6 Å². The van der Waals surface area contributed by atoms with Gasteiger partial charge in [-0.2, -0.15) is 0 Å². The lowest BCUT2D eigenvalue weighted by Gasteiger charge is -2.16. The van der Waals surface area contributed by atoms with Gasteiger partial charge >= 0.3 is 0 Å². The highest BCUT2D eigenvalue weighted by Gasteiger charge is 2.51. The highest BCUT2D eigenvalue weighted by Crippen LogP contribution is 2.51. The Labute approximate surface area is 139 Å². The number of amides is 1. The lowest BCUT2D eigenvalue weighted by atomic mass is 9.94. The molecular weight excluding hydrogens is 306 g/mol. The van der Waals surface area contributed by atoms with Crippen LogP contribution in [-0.4, -0.2) is 22.7 Å². The van der Waals surface area contributed by atoms with Crippen molar-refractivity contribution in [1.82, 2.24) is 9.97 Å². The van der Waals surface area contributed by atoms with E-state index in [1.165, 1.54) is 0 Å². The van der Waals surface area contributed by atoms with Gasteiger partial charge in [-0.3, -0.25) is 4.79 Å². The van der Waals surface area contributed by atoms with Gasteiger partial charge in [-0.15, -0.1) is 0 Å². The van der Waals surface area contributed by atoms with Crippen LogP contribution in [-0.2, 0) is 10.2 Å². The first-order valence-corrected chi connectivity index (χ1v) is 7.90. The molecule has 1 saturated carbocycles. The second-order valence-electron chi connectivity index (χ2n) is 6.22. The van der Waals surface area contributed by atoms with Crippen molar-refractivity contribution < 1.29 is 15.7 Å². The van der Waals surface area contributed by atoms with Crippen LogP contribution in [0.5, 0.6) is 11.5 Å². The van der Waals surface area contributed by atoms with E-state index >= 15 is 0 Å². The monoisotopic (exact) mass is 323 g/mol. The van der Waals surface area contributed by atoms with Gasteiger partial charge in [-0.05, 0) is 48.7 Å². The van der Waals surface area contributed by atoms with Crippen molar-refractivity contribution in [2.75, 3.05) is 12.1 Å². The van der Waals surface area contributed by atoms with Crippen LogP contribution in [0.1, 0.15) is 19.8 Å². The highest BCUT2D eigenvalue weighted by molar-refractivity contribution is 6.01. The first-order valence-electron chi connectivity index (χ1n) is 7.90. The minimum Gasteiger partial charge on any atom is -0.454 e. The Balaban J connectivity index is 0.00000157. The maximum absolute atomic E-state index is 12.8. The predicted octanol–water partition coefficient (Wildman–Crippen LogP) is 3.21. The Hall–Kier alpha value is -3.02. The first kappa shape index (κ1) is 13.4. The number of H-pyrrole nitrogens is 1. The molecule has 6 heteroatoms. The summed E-state index contributed by atoms with van der Waals surface area (Å²) in [6.07, 6.45) is 3.48. The molecule has 1 amide bonds. The quantitative estimate of drug-likeness (QED) is 0.776. The van der Waals surface area contributed by atoms with Crippen molar-refractivity contribution in [3.05, 3.63) is 48.2 Å². The van der Waals surface area contributed by atoms with E-state index in [2.05, 4.69) is 15.3 Å². The van der Waals surface area contributed by atoms with Gasteiger partial charge in [0.05, 0.1) is 5.41 Å². The van der Waals surface area contributed by atoms with Crippen molar-refractivity contribution in [2.45, 2.75) is 18.3 Å². The molecule has 24 heavy (non-hydrogen) atoms. The van der Waals surface area contributed by atoms with E-state index in [9.17, 15) is 4.79 Å². The number of carbonyl (C=O) groups is 1. The number of pyridine rings is 1. The van der Waals surface area contributed by atoms with E-state index in [4.69, 9.17) is 9.47 Å². The third-order valence-corrected chi connectivity index (χ3v) is 4.76. The summed E-state index contributed by atoms with van der Waals surface area (Å²) < 4.78 is 10.8. The number of rotatable bonds is 3. The summed E-state index contributed by atoms with van der Waals surface area (Å²) in [5.41, 5.74) is 1.24. The molecule has 122 valence electrons. The molecule has 0 bridgehead atoms. The fourth-order valence-corrected chi connectivity index (χ4v) is 3.20. The Morgan fingerprint density at radius 2 is 2.04 bits per heavy atom. The third-order valence-electron chi connectivity index (χ3n) is 4.76. The van der Waals surface area contributed by atoms with Gasteiger partial charge in [-0.25, -0.2) is 4.98 Å². The standard InChI is InChI=1S/C18H15N3O3.H2/c22-17(21-15-4-1-11-5-8-19-16(11)20-15)18(6-7-18)12-2-3-13-14(9-12)24-10-23-13;/h1-5,8-9H,6-7,10H2,(H2,19,20,21,22);1H. The van der Waals surface area contributed by atoms with Crippen LogP contribution in [0.3, 0.4) is 0 Å². The van der Waals surface area contributed by atoms with Gasteiger partial charge in [0.25, 0.3) is 0 Å². The Kier molecular flexibility index (Phi) is 2.65. The normalized spacial score (nSPS) is 17.0. The van der Waals surface area contributed by atoms with E-state index < -0.39 is 5.41 Å². The Bertz CT molecular complexity index is 965. The van der Waals surface area contributed by atoms with Crippen LogP contribution in [0.2, 0.25) is 0 Å². The van der Waals surface area contributed by atoms with Crippen molar-refractivity contribution >= 4 is 22.8 Å². The van der Waals surface area contributed by atoms with Crippen molar-refractivity contribution in [1.29, 1.82) is 0 Å². The zero-order valence-corrected chi connectivity index (χ0v) is 12.8. The van der Waals surface area contributed by atoms with Crippen LogP contribution < -0.4 is 14.8 Å². The average Bonchev–Trinajstić information content (AvgIpc) is 3.05. The second-order valence-corrected chi connectivity index (χ2v) is 6.22. The number of nitrogens with zero attached hydrogens (tertiary/aromatic N) is 1. The zero-order valence-electron chi connectivity index (χ0n) is 12.8. The summed E-state index contributed by atoms with van der Waals surface area (Å²) in [7, 11) is 0. The number of hydrogen-bond donors (Lipinski definition) is 2. The van der Waals surface area contributed by atoms with Crippen LogP contribution in [0.4, 0.5) is 5.82 Å². The summed E-state index contributed by atoms with van der Waals surface area (Å²) >= 11 is 0. The van der Waals surface area contributed by atoms with Crippen molar-refractivity contribution in [2.24, 2.45) is 0 Å². The second kappa shape index (κ2) is 4.74. The number of aromatic nitrogens is 2. The molecule has 0 spiro atoms. The summed E-state index contributed by atoms with van der Waals surface area (Å²) in [6, 6.07) is 11.4. The molecule has 5 rings (SSSR count). The SMILES string of the molecule is O=C(Nc1ccc2cc[nH]c2n1)C1(c2ccc3c(c2)OCO3)CC1.[HH]. The molecular formula is C18H17N3O3. The number of nitrogens with one attached hydrogen (secondary N) is 2. The number of anilines is 1. The topological polar surface area (TPSA) is 76.2 Å². The zero-order chi connectivity index (χ0) is 16.1. The molecule has 0 saturated heterocycles. The molecule has 2 N–H and O–H groups in total. The number of fused-ring (bicyclic) bond motifs is 2. The highest BCUT2D eigenvalue weighted by atomic mass is 16.7. The number of hydrogen-bond acceptors (Lipinski definition) is 4. The molecule has 1 aliphatic carbocycles. The van der Waals surface area contributed by atoms with E-state index in [1.54, 1.807) is 0 Å². The molecule has 1 aliphatic heterocycles. The van der Waals surface area contributed by atoms with E-state index in [0.717, 1.165) is 35.2 Å². The lowest BCUT2D eigenvalue weighted by molar-refractivity contribution is -0.118. The largest absolute Gasteiger partial charge is 0.454 e. The maximum Gasteiger partial charge on any atom is 0.236 e. The van der Waals surface area contributed by atoms with Gasteiger partial charge < -0.3 is 19.8 Å². The minimum absolute atomic E-state index is 0. The fraction of sp³-hybridized carbons (Fsp3) is 0.222. The van der Waals surface area contributed by atoms with Crippen LogP contribution >= 0.6 is 0 Å². The third kappa shape index (κ3) is 1.96. The molecule has 2 aliphatic rings. The van der Waals surface area contributed by atoms with E-state index in [-0.39, 0.29) is 14.1 Å². The molecule has 0 atom stereocenters. The first-order chi connectivity index (χ1) is 11.7. The molecule has 3 aromatic rings. The molecule has 1 fully saturated rings. The van der Waals surface area contributed by atoms with Gasteiger partial charge in [0.1, 0.15) is 11.5 Å². The van der Waals surface area contributed by atoms with Gasteiger partial charge in [-0.1, -0.05) is 6.07 Å². The lowest BCUT2D eigenvalue weighted by Crippen LogP contribution is -2.28. The summed E-state index contributed by atoms with van der Waals surface area (Å²) in [5.74, 6) is 1.97.